The van der Waals surface area contributed by atoms with Crippen molar-refractivity contribution in [2.45, 2.75) is 25.9 Å². The molecule has 0 spiro atoms. The van der Waals surface area contributed by atoms with Gasteiger partial charge < -0.3 is 19.1 Å². The van der Waals surface area contributed by atoms with Crippen LogP contribution in [0.25, 0.3) is 0 Å². The number of nitrogens with zero attached hydrogens (tertiary/aromatic N) is 3. The monoisotopic (exact) mass is 497 g/mol. The highest BCUT2D eigenvalue weighted by molar-refractivity contribution is 7.12. The average molecular weight is 498 g/mol. The number of ether oxygens (including phenoxy) is 1. The van der Waals surface area contributed by atoms with Gasteiger partial charge in [-0.15, -0.1) is 11.3 Å². The van der Waals surface area contributed by atoms with E-state index in [1.807, 2.05) is 23.1 Å². The molecule has 34 heavy (non-hydrogen) atoms. The molecule has 0 fully saturated rings. The normalized spacial score (nSPS) is 15.4. The van der Waals surface area contributed by atoms with Crippen LogP contribution >= 0.6 is 22.9 Å². The Bertz CT molecular complexity index is 1330. The number of carbonyl (C=O) groups excluding carboxylic acids is 2. The van der Waals surface area contributed by atoms with Crippen LogP contribution in [0.1, 0.15) is 36.9 Å². The lowest BCUT2D eigenvalue weighted by molar-refractivity contribution is 0.0728. The average Bonchev–Trinajstić information content (AvgIpc) is 3.16. The van der Waals surface area contributed by atoms with Crippen molar-refractivity contribution >= 4 is 34.8 Å². The van der Waals surface area contributed by atoms with Crippen molar-refractivity contribution in [1.29, 1.82) is 0 Å². The predicted molar refractivity (Wildman–Crippen MR) is 131 cm³/mol. The number of aromatic nitrogens is 1. The van der Waals surface area contributed by atoms with Gasteiger partial charge >= 0.3 is 0 Å². The molecule has 3 aromatic rings. The molecule has 0 saturated heterocycles. The summed E-state index contributed by atoms with van der Waals surface area (Å²) in [7, 11) is 1.47. The molecule has 4 heterocycles. The maximum absolute atomic E-state index is 13.8. The molecule has 0 radical (unpaired) electrons. The molecule has 2 aliphatic rings. The fraction of sp³-hybridized carbons (Fsp3) is 0.320. The van der Waals surface area contributed by atoms with Crippen LogP contribution in [0.3, 0.4) is 0 Å². The largest absolute Gasteiger partial charge is 0.496 e. The van der Waals surface area contributed by atoms with Crippen LogP contribution in [0.5, 0.6) is 5.75 Å². The van der Waals surface area contributed by atoms with E-state index >= 15 is 0 Å². The summed E-state index contributed by atoms with van der Waals surface area (Å²) in [6.45, 7) is 2.15. The van der Waals surface area contributed by atoms with E-state index in [0.29, 0.717) is 60.3 Å². The Labute approximate surface area is 206 Å². The van der Waals surface area contributed by atoms with E-state index in [-0.39, 0.29) is 23.1 Å². The molecule has 0 bridgehead atoms. The van der Waals surface area contributed by atoms with Crippen molar-refractivity contribution in [2.75, 3.05) is 26.7 Å². The number of pyridine rings is 1. The molecular weight excluding hydrogens is 474 g/mol. The molecule has 1 aromatic carbocycles. The Morgan fingerprint density at radius 1 is 0.971 bits per heavy atom. The molecule has 2 aliphatic heterocycles. The van der Waals surface area contributed by atoms with Gasteiger partial charge in [0.15, 0.2) is 0 Å². The first-order chi connectivity index (χ1) is 16.5. The van der Waals surface area contributed by atoms with Gasteiger partial charge in [-0.05, 0) is 29.0 Å². The fourth-order valence-electron chi connectivity index (χ4n) is 4.76. The maximum atomic E-state index is 13.8. The molecule has 0 atom stereocenters. The van der Waals surface area contributed by atoms with E-state index in [1.165, 1.54) is 30.1 Å². The van der Waals surface area contributed by atoms with Gasteiger partial charge in [-0.25, -0.2) is 0 Å². The van der Waals surface area contributed by atoms with E-state index < -0.39 is 0 Å². The molecule has 0 saturated carbocycles. The van der Waals surface area contributed by atoms with Crippen LogP contribution in [-0.2, 0) is 25.9 Å². The SMILES string of the molecule is COc1cc(=O)n2c(c1C(=O)N1CCc3ccccc3C1)CCN(C(=O)c1sccc1Cl)CC2. The Kier molecular flexibility index (Phi) is 6.18. The molecule has 9 heteroatoms. The smallest absolute Gasteiger partial charge is 0.265 e. The molecule has 5 rings (SSSR count). The maximum Gasteiger partial charge on any atom is 0.265 e. The number of thiophene rings is 1. The molecular formula is C25H24ClN3O4S. The second-order valence-corrected chi connectivity index (χ2v) is 9.73. The number of hydrogen-bond acceptors (Lipinski definition) is 5. The first-order valence-corrected chi connectivity index (χ1v) is 12.4. The Morgan fingerprint density at radius 2 is 1.74 bits per heavy atom. The van der Waals surface area contributed by atoms with Crippen LogP contribution in [0.15, 0.2) is 46.6 Å². The molecule has 0 aliphatic carbocycles. The van der Waals surface area contributed by atoms with Crippen LogP contribution in [0.4, 0.5) is 0 Å². The molecule has 7 nitrogen and oxygen atoms in total. The van der Waals surface area contributed by atoms with Gasteiger partial charge in [0.2, 0.25) is 0 Å². The third-order valence-corrected chi connectivity index (χ3v) is 7.87. The quantitative estimate of drug-likeness (QED) is 0.555. The number of carbonyl (C=O) groups is 2. The van der Waals surface area contributed by atoms with E-state index in [0.717, 1.165) is 12.0 Å². The highest BCUT2D eigenvalue weighted by Gasteiger charge is 2.31. The Balaban J connectivity index is 1.48. The predicted octanol–water partition coefficient (Wildman–Crippen LogP) is 3.47. The third-order valence-electron chi connectivity index (χ3n) is 6.54. The van der Waals surface area contributed by atoms with E-state index in [4.69, 9.17) is 16.3 Å². The standard InChI is InChI=1S/C25H24ClN3O4S/c1-33-20-14-21(30)29-12-11-27(25(32)23-18(26)8-13-34-23)10-7-19(29)22(20)24(31)28-9-6-16-4-2-3-5-17(16)15-28/h2-5,8,13-14H,6-7,9-12,15H2,1H3. The lowest BCUT2D eigenvalue weighted by atomic mass is 9.98. The minimum atomic E-state index is -0.240. The summed E-state index contributed by atoms with van der Waals surface area (Å²) >= 11 is 7.48. The van der Waals surface area contributed by atoms with Gasteiger partial charge in [-0.3, -0.25) is 14.4 Å². The Hall–Kier alpha value is -3.10. The van der Waals surface area contributed by atoms with Crippen LogP contribution in [0, 0.1) is 0 Å². The van der Waals surface area contributed by atoms with Crippen molar-refractivity contribution in [3.8, 4) is 5.75 Å². The molecule has 2 amide bonds. The summed E-state index contributed by atoms with van der Waals surface area (Å²) in [5.74, 6) is -0.0364. The summed E-state index contributed by atoms with van der Waals surface area (Å²) in [4.78, 5) is 43.7. The first-order valence-electron chi connectivity index (χ1n) is 11.2. The number of hydrogen-bond donors (Lipinski definition) is 0. The molecule has 2 aromatic heterocycles. The van der Waals surface area contributed by atoms with Crippen molar-refractivity contribution in [2.24, 2.45) is 0 Å². The zero-order valence-electron chi connectivity index (χ0n) is 18.8. The summed E-state index contributed by atoms with van der Waals surface area (Å²) in [6.07, 6.45) is 1.15. The number of halogens is 1. The first kappa shape index (κ1) is 22.7. The van der Waals surface area contributed by atoms with Crippen LogP contribution < -0.4 is 10.3 Å². The minimum Gasteiger partial charge on any atom is -0.496 e. The van der Waals surface area contributed by atoms with E-state index in [9.17, 15) is 14.4 Å². The van der Waals surface area contributed by atoms with Crippen molar-refractivity contribution < 1.29 is 14.3 Å². The van der Waals surface area contributed by atoms with Gasteiger partial charge in [0.25, 0.3) is 17.4 Å². The third kappa shape index (κ3) is 4.01. The van der Waals surface area contributed by atoms with Crippen molar-refractivity contribution in [3.63, 3.8) is 0 Å². The van der Waals surface area contributed by atoms with Crippen molar-refractivity contribution in [1.82, 2.24) is 14.4 Å². The topological polar surface area (TPSA) is 71.8 Å². The fourth-order valence-corrected chi connectivity index (χ4v) is 5.86. The highest BCUT2D eigenvalue weighted by atomic mass is 35.5. The van der Waals surface area contributed by atoms with Gasteiger partial charge in [-0.1, -0.05) is 35.9 Å². The molecule has 0 unspecified atom stereocenters. The van der Waals surface area contributed by atoms with Gasteiger partial charge in [0, 0.05) is 50.9 Å². The number of benzene rings is 1. The highest BCUT2D eigenvalue weighted by Crippen LogP contribution is 2.29. The van der Waals surface area contributed by atoms with Gasteiger partial charge in [-0.2, -0.15) is 0 Å². The number of amides is 2. The van der Waals surface area contributed by atoms with Crippen molar-refractivity contribution in [3.05, 3.63) is 84.4 Å². The van der Waals surface area contributed by atoms with E-state index in [1.54, 1.807) is 20.9 Å². The number of fused-ring (bicyclic) bond motifs is 2. The number of rotatable bonds is 3. The zero-order valence-corrected chi connectivity index (χ0v) is 20.3. The summed E-state index contributed by atoms with van der Waals surface area (Å²) < 4.78 is 7.11. The van der Waals surface area contributed by atoms with Crippen LogP contribution in [-0.4, -0.2) is 52.9 Å². The minimum absolute atomic E-state index is 0.156. The summed E-state index contributed by atoms with van der Waals surface area (Å²) in [5, 5.41) is 2.21. The second-order valence-electron chi connectivity index (χ2n) is 8.41. The molecule has 0 N–H and O–H groups in total. The Morgan fingerprint density at radius 3 is 2.47 bits per heavy atom. The second kappa shape index (κ2) is 9.27. The zero-order chi connectivity index (χ0) is 23.8. The van der Waals surface area contributed by atoms with Gasteiger partial charge in [0.05, 0.1) is 12.1 Å². The van der Waals surface area contributed by atoms with E-state index in [2.05, 4.69) is 6.07 Å². The number of methoxy groups -OCH3 is 1. The van der Waals surface area contributed by atoms with Crippen LogP contribution in [0.2, 0.25) is 5.02 Å². The lowest BCUT2D eigenvalue weighted by Gasteiger charge is -2.30. The lowest BCUT2D eigenvalue weighted by Crippen LogP contribution is -2.38. The molecule has 176 valence electrons. The summed E-state index contributed by atoms with van der Waals surface area (Å²) in [5.41, 5.74) is 3.16. The summed E-state index contributed by atoms with van der Waals surface area (Å²) in [6, 6.07) is 11.2. The van der Waals surface area contributed by atoms with Gasteiger partial charge in [0.1, 0.15) is 16.2 Å².